The molecule has 0 aromatic carbocycles. The lowest BCUT2D eigenvalue weighted by Gasteiger charge is -2.20. The molecule has 0 fully saturated rings. The fourth-order valence-electron chi connectivity index (χ4n) is 2.75. The Kier molecular flexibility index (Phi) is 5.27. The van der Waals surface area contributed by atoms with E-state index in [1.165, 1.54) is 11.3 Å². The van der Waals surface area contributed by atoms with E-state index in [1.54, 1.807) is 6.20 Å². The summed E-state index contributed by atoms with van der Waals surface area (Å²) < 4.78 is 0. The van der Waals surface area contributed by atoms with Gasteiger partial charge in [-0.15, -0.1) is 11.3 Å². The van der Waals surface area contributed by atoms with Gasteiger partial charge in [0.1, 0.15) is 5.65 Å². The van der Waals surface area contributed by atoms with Crippen LogP contribution in [0, 0.1) is 0 Å². The van der Waals surface area contributed by atoms with Crippen molar-refractivity contribution in [2.75, 3.05) is 19.6 Å². The van der Waals surface area contributed by atoms with Gasteiger partial charge in [-0.3, -0.25) is 4.79 Å². The lowest BCUT2D eigenvalue weighted by molar-refractivity contribution is 0.0763. The zero-order valence-corrected chi connectivity index (χ0v) is 14.6. The molecule has 0 aliphatic heterocycles. The second kappa shape index (κ2) is 7.59. The van der Waals surface area contributed by atoms with Crippen LogP contribution >= 0.6 is 11.3 Å². The number of nitrogens with one attached hydrogen (secondary N) is 1. The highest BCUT2D eigenvalue weighted by Crippen LogP contribution is 2.33. The number of nitrogens with two attached hydrogens (primary N) is 1. The van der Waals surface area contributed by atoms with Gasteiger partial charge < -0.3 is 15.6 Å². The highest BCUT2D eigenvalue weighted by atomic mass is 32.1. The van der Waals surface area contributed by atoms with Crippen molar-refractivity contribution >= 4 is 28.3 Å². The first kappa shape index (κ1) is 16.7. The summed E-state index contributed by atoms with van der Waals surface area (Å²) in [6.07, 6.45) is 5.73. The predicted molar refractivity (Wildman–Crippen MR) is 99.3 cm³/mol. The van der Waals surface area contributed by atoms with Gasteiger partial charge in [-0.1, -0.05) is 13.3 Å². The maximum Gasteiger partial charge on any atom is 0.263 e. The van der Waals surface area contributed by atoms with Crippen molar-refractivity contribution in [3.05, 3.63) is 41.5 Å². The molecule has 0 bridgehead atoms. The molecule has 3 aromatic rings. The summed E-state index contributed by atoms with van der Waals surface area (Å²) in [4.78, 5) is 23.9. The number of fused-ring (bicyclic) bond motifs is 1. The predicted octanol–water partition coefficient (Wildman–Crippen LogP) is 3.49. The molecule has 24 heavy (non-hydrogen) atoms. The lowest BCUT2D eigenvalue weighted by atomic mass is 10.1. The van der Waals surface area contributed by atoms with Crippen molar-refractivity contribution < 1.29 is 4.79 Å². The van der Waals surface area contributed by atoms with Crippen LogP contribution in [-0.4, -0.2) is 40.4 Å². The van der Waals surface area contributed by atoms with Crippen LogP contribution in [0.2, 0.25) is 0 Å². The van der Waals surface area contributed by atoms with Crippen LogP contribution in [0.5, 0.6) is 0 Å². The molecule has 3 heterocycles. The van der Waals surface area contributed by atoms with Crippen LogP contribution in [0.15, 0.2) is 36.7 Å². The van der Waals surface area contributed by atoms with E-state index in [2.05, 4.69) is 16.9 Å². The van der Waals surface area contributed by atoms with Gasteiger partial charge in [0.25, 0.3) is 5.91 Å². The largest absolute Gasteiger partial charge is 0.346 e. The Morgan fingerprint density at radius 3 is 2.96 bits per heavy atom. The molecule has 0 atom stereocenters. The molecule has 126 valence electrons. The van der Waals surface area contributed by atoms with Crippen LogP contribution in [-0.2, 0) is 0 Å². The van der Waals surface area contributed by atoms with Crippen LogP contribution in [0.4, 0.5) is 0 Å². The average Bonchev–Trinajstić information content (AvgIpc) is 3.26. The molecule has 6 heteroatoms. The molecule has 1 amide bonds. The Morgan fingerprint density at radius 1 is 1.29 bits per heavy atom. The van der Waals surface area contributed by atoms with E-state index in [-0.39, 0.29) is 5.91 Å². The molecule has 0 aliphatic rings. The van der Waals surface area contributed by atoms with E-state index in [4.69, 9.17) is 5.73 Å². The number of rotatable bonds is 7. The van der Waals surface area contributed by atoms with Crippen LogP contribution in [0.1, 0.15) is 29.4 Å². The number of carbonyl (C=O) groups is 1. The Balaban J connectivity index is 1.86. The first-order valence-electron chi connectivity index (χ1n) is 8.26. The summed E-state index contributed by atoms with van der Waals surface area (Å²) in [5, 5.41) is 1.07. The van der Waals surface area contributed by atoms with Crippen LogP contribution in [0.3, 0.4) is 0 Å². The minimum Gasteiger partial charge on any atom is -0.346 e. The second-order valence-electron chi connectivity index (χ2n) is 5.70. The van der Waals surface area contributed by atoms with Gasteiger partial charge >= 0.3 is 0 Å². The molecule has 3 N–H and O–H groups in total. The average molecular weight is 342 g/mol. The van der Waals surface area contributed by atoms with Crippen LogP contribution < -0.4 is 5.73 Å². The summed E-state index contributed by atoms with van der Waals surface area (Å²) in [6, 6.07) is 7.93. The fourth-order valence-corrected chi connectivity index (χ4v) is 3.76. The molecule has 0 unspecified atom stereocenters. The van der Waals surface area contributed by atoms with Gasteiger partial charge in [0, 0.05) is 47.9 Å². The maximum absolute atomic E-state index is 12.8. The van der Waals surface area contributed by atoms with Crippen molar-refractivity contribution in [1.29, 1.82) is 0 Å². The van der Waals surface area contributed by atoms with Crippen molar-refractivity contribution in [2.24, 2.45) is 5.73 Å². The number of carbonyl (C=O) groups excluding carboxylic acids is 1. The van der Waals surface area contributed by atoms with E-state index in [0.717, 1.165) is 45.7 Å². The van der Waals surface area contributed by atoms with E-state index >= 15 is 0 Å². The molecule has 0 radical (unpaired) electrons. The van der Waals surface area contributed by atoms with Gasteiger partial charge in [-0.25, -0.2) is 4.98 Å². The molecule has 3 rings (SSSR count). The molecule has 0 aliphatic carbocycles. The minimum atomic E-state index is 0.0736. The summed E-state index contributed by atoms with van der Waals surface area (Å²) in [6.45, 7) is 3.97. The Hall–Kier alpha value is -2.18. The van der Waals surface area contributed by atoms with Gasteiger partial charge in [0.05, 0.1) is 4.88 Å². The SMILES string of the molecule is CCCCN(CCN)C(=O)c1ccc(-c2ccnc3[nH]ccc23)s1. The van der Waals surface area contributed by atoms with Gasteiger partial charge in [-0.2, -0.15) is 0 Å². The summed E-state index contributed by atoms with van der Waals surface area (Å²) >= 11 is 1.53. The van der Waals surface area contributed by atoms with E-state index in [0.29, 0.717) is 13.1 Å². The van der Waals surface area contributed by atoms with E-state index in [9.17, 15) is 4.79 Å². The molecule has 5 nitrogen and oxygen atoms in total. The third-order valence-electron chi connectivity index (χ3n) is 4.01. The van der Waals surface area contributed by atoms with E-state index < -0.39 is 0 Å². The number of thiophene rings is 1. The number of H-pyrrole nitrogens is 1. The van der Waals surface area contributed by atoms with Crippen molar-refractivity contribution in [1.82, 2.24) is 14.9 Å². The highest BCUT2D eigenvalue weighted by Gasteiger charge is 2.18. The highest BCUT2D eigenvalue weighted by molar-refractivity contribution is 7.17. The summed E-state index contributed by atoms with van der Waals surface area (Å²) in [5.74, 6) is 0.0736. The number of pyridine rings is 1. The Morgan fingerprint density at radius 2 is 2.17 bits per heavy atom. The van der Waals surface area contributed by atoms with E-state index in [1.807, 2.05) is 35.4 Å². The number of aromatic nitrogens is 2. The van der Waals surface area contributed by atoms with Crippen molar-refractivity contribution in [3.63, 3.8) is 0 Å². The topological polar surface area (TPSA) is 75.0 Å². The summed E-state index contributed by atoms with van der Waals surface area (Å²) in [5.41, 5.74) is 7.63. The number of hydrogen-bond acceptors (Lipinski definition) is 4. The number of hydrogen-bond donors (Lipinski definition) is 2. The molecule has 0 saturated carbocycles. The number of nitrogens with zero attached hydrogens (tertiary/aromatic N) is 2. The second-order valence-corrected chi connectivity index (χ2v) is 6.78. The quantitative estimate of drug-likeness (QED) is 0.690. The fraction of sp³-hybridized carbons (Fsp3) is 0.333. The minimum absolute atomic E-state index is 0.0736. The molecular weight excluding hydrogens is 320 g/mol. The first-order chi connectivity index (χ1) is 11.7. The molecule has 0 saturated heterocycles. The molecule has 3 aromatic heterocycles. The zero-order chi connectivity index (χ0) is 16.9. The first-order valence-corrected chi connectivity index (χ1v) is 9.08. The van der Waals surface area contributed by atoms with Gasteiger partial charge in [0.15, 0.2) is 0 Å². The third-order valence-corrected chi connectivity index (χ3v) is 5.12. The van der Waals surface area contributed by atoms with Crippen molar-refractivity contribution in [2.45, 2.75) is 19.8 Å². The van der Waals surface area contributed by atoms with Crippen LogP contribution in [0.25, 0.3) is 21.5 Å². The molecule has 0 spiro atoms. The van der Waals surface area contributed by atoms with Crippen molar-refractivity contribution in [3.8, 4) is 10.4 Å². The summed E-state index contributed by atoms with van der Waals surface area (Å²) in [7, 11) is 0. The standard InChI is InChI=1S/C18H22N4OS/c1-2-3-11-22(12-8-19)18(23)16-5-4-15(24-16)13-6-9-20-17-14(13)7-10-21-17/h4-7,9-10H,2-3,8,11-12,19H2,1H3,(H,20,21). The maximum atomic E-state index is 12.8. The number of unbranched alkanes of at least 4 members (excludes halogenated alkanes) is 1. The Bertz CT molecular complexity index is 823. The van der Waals surface area contributed by atoms with Gasteiger partial charge in [-0.05, 0) is 30.7 Å². The Labute approximate surface area is 145 Å². The normalized spacial score (nSPS) is 11.1. The monoisotopic (exact) mass is 342 g/mol. The smallest absolute Gasteiger partial charge is 0.263 e. The van der Waals surface area contributed by atoms with Gasteiger partial charge in [0.2, 0.25) is 0 Å². The molecular formula is C18H22N4OS. The number of aromatic amines is 1. The zero-order valence-electron chi connectivity index (χ0n) is 13.8. The lowest BCUT2D eigenvalue weighted by Crippen LogP contribution is -2.35. The third kappa shape index (κ3) is 3.34. The number of amides is 1.